The zero-order chi connectivity index (χ0) is 16.7. The van der Waals surface area contributed by atoms with E-state index >= 15 is 0 Å². The van der Waals surface area contributed by atoms with Gasteiger partial charge >= 0.3 is 0 Å². The van der Waals surface area contributed by atoms with Crippen molar-refractivity contribution < 1.29 is 5.11 Å². The predicted octanol–water partition coefficient (Wildman–Crippen LogP) is 3.74. The van der Waals surface area contributed by atoms with Crippen molar-refractivity contribution in [3.8, 4) is 0 Å². The normalized spacial score (nSPS) is 15.6. The first kappa shape index (κ1) is 15.7. The first-order chi connectivity index (χ1) is 11.6. The van der Waals surface area contributed by atoms with Gasteiger partial charge in [0.1, 0.15) is 5.82 Å². The smallest absolute Gasteiger partial charge is 0.105 e. The van der Waals surface area contributed by atoms with Crippen molar-refractivity contribution in [2.75, 3.05) is 0 Å². The maximum absolute atomic E-state index is 10.7. The number of benzene rings is 1. The number of fused-ring (bicyclic) bond motifs is 3. The number of para-hydroxylation sites is 1. The number of imidazole rings is 1. The van der Waals surface area contributed by atoms with Crippen LogP contribution in [0.15, 0.2) is 30.6 Å². The molecule has 0 unspecified atom stereocenters. The second-order valence-electron chi connectivity index (χ2n) is 6.66. The van der Waals surface area contributed by atoms with E-state index in [1.807, 2.05) is 29.8 Å². The Morgan fingerprint density at radius 3 is 2.88 bits per heavy atom. The maximum Gasteiger partial charge on any atom is 0.105 e. The molecule has 4 rings (SSSR count). The van der Waals surface area contributed by atoms with Crippen LogP contribution in [0.5, 0.6) is 0 Å². The second-order valence-corrected chi connectivity index (χ2v) is 7.07. The SMILES string of the molecule is Cc1nccn1C[C@H](O)Cn1c2c(c3cccc(Cl)c31)CCCC2. The van der Waals surface area contributed by atoms with Gasteiger partial charge in [-0.15, -0.1) is 0 Å². The van der Waals surface area contributed by atoms with Crippen LogP contribution in [0, 0.1) is 6.92 Å². The third kappa shape index (κ3) is 2.64. The summed E-state index contributed by atoms with van der Waals surface area (Å²) in [5, 5.41) is 12.7. The van der Waals surface area contributed by atoms with Gasteiger partial charge in [-0.05, 0) is 44.2 Å². The molecule has 0 saturated carbocycles. The monoisotopic (exact) mass is 343 g/mol. The molecule has 1 N–H and O–H groups in total. The molecule has 4 nitrogen and oxygen atoms in total. The van der Waals surface area contributed by atoms with Crippen LogP contribution in [-0.2, 0) is 25.9 Å². The van der Waals surface area contributed by atoms with Gasteiger partial charge in [0.05, 0.1) is 29.7 Å². The Kier molecular flexibility index (Phi) is 4.10. The van der Waals surface area contributed by atoms with Gasteiger partial charge in [0.25, 0.3) is 0 Å². The van der Waals surface area contributed by atoms with Gasteiger partial charge in [-0.3, -0.25) is 0 Å². The Bertz CT molecular complexity index is 880. The van der Waals surface area contributed by atoms with E-state index in [0.29, 0.717) is 13.1 Å². The molecule has 2 aromatic heterocycles. The summed E-state index contributed by atoms with van der Waals surface area (Å²) < 4.78 is 4.24. The van der Waals surface area contributed by atoms with E-state index < -0.39 is 6.10 Å². The molecule has 1 aliphatic carbocycles. The van der Waals surface area contributed by atoms with Crippen molar-refractivity contribution >= 4 is 22.5 Å². The Hall–Kier alpha value is -1.78. The lowest BCUT2D eigenvalue weighted by Gasteiger charge is -2.19. The number of aliphatic hydroxyl groups is 1. The van der Waals surface area contributed by atoms with E-state index in [4.69, 9.17) is 11.6 Å². The van der Waals surface area contributed by atoms with Gasteiger partial charge in [-0.25, -0.2) is 4.98 Å². The van der Waals surface area contributed by atoms with Crippen LogP contribution in [0.25, 0.3) is 10.9 Å². The van der Waals surface area contributed by atoms with Gasteiger partial charge in [0.15, 0.2) is 0 Å². The van der Waals surface area contributed by atoms with Crippen LogP contribution in [0.1, 0.15) is 29.9 Å². The minimum atomic E-state index is -0.476. The fourth-order valence-electron chi connectivity index (χ4n) is 3.94. The summed E-state index contributed by atoms with van der Waals surface area (Å²) in [6, 6.07) is 6.13. The Morgan fingerprint density at radius 2 is 2.08 bits per heavy atom. The van der Waals surface area contributed by atoms with Gasteiger partial charge in [0.2, 0.25) is 0 Å². The van der Waals surface area contributed by atoms with Gasteiger partial charge < -0.3 is 14.2 Å². The summed E-state index contributed by atoms with van der Waals surface area (Å²) in [5.74, 6) is 0.923. The van der Waals surface area contributed by atoms with Crippen molar-refractivity contribution in [1.29, 1.82) is 0 Å². The molecule has 0 fully saturated rings. The number of rotatable bonds is 4. The molecule has 3 aromatic rings. The summed E-state index contributed by atoms with van der Waals surface area (Å²) in [7, 11) is 0. The number of halogens is 1. The first-order valence-corrected chi connectivity index (χ1v) is 8.97. The number of aromatic nitrogens is 3. The number of aryl methyl sites for hydroxylation is 2. The summed E-state index contributed by atoms with van der Waals surface area (Å²) >= 11 is 6.52. The van der Waals surface area contributed by atoms with Gasteiger partial charge in [-0.2, -0.15) is 0 Å². The average molecular weight is 344 g/mol. The molecule has 0 saturated heterocycles. The molecule has 2 heterocycles. The molecule has 1 atom stereocenters. The lowest BCUT2D eigenvalue weighted by atomic mass is 9.95. The highest BCUT2D eigenvalue weighted by molar-refractivity contribution is 6.35. The predicted molar refractivity (Wildman–Crippen MR) is 96.6 cm³/mol. The lowest BCUT2D eigenvalue weighted by Crippen LogP contribution is -2.24. The van der Waals surface area contributed by atoms with Crippen LogP contribution in [0.3, 0.4) is 0 Å². The van der Waals surface area contributed by atoms with Crippen LogP contribution < -0.4 is 0 Å². The van der Waals surface area contributed by atoms with E-state index in [1.54, 1.807) is 6.20 Å². The number of nitrogens with zero attached hydrogens (tertiary/aromatic N) is 3. The number of hydrogen-bond acceptors (Lipinski definition) is 2. The van der Waals surface area contributed by atoms with Crippen molar-refractivity contribution in [3.63, 3.8) is 0 Å². The van der Waals surface area contributed by atoms with Crippen molar-refractivity contribution in [1.82, 2.24) is 14.1 Å². The van der Waals surface area contributed by atoms with E-state index in [-0.39, 0.29) is 0 Å². The summed E-state index contributed by atoms with van der Waals surface area (Å²) in [6.45, 7) is 3.06. The average Bonchev–Trinajstić information content (AvgIpc) is 3.11. The second kappa shape index (κ2) is 6.26. The van der Waals surface area contributed by atoms with Crippen molar-refractivity contribution in [3.05, 3.63) is 52.7 Å². The quantitative estimate of drug-likeness (QED) is 0.784. The minimum Gasteiger partial charge on any atom is -0.389 e. The van der Waals surface area contributed by atoms with E-state index in [2.05, 4.69) is 15.6 Å². The van der Waals surface area contributed by atoms with Gasteiger partial charge in [-0.1, -0.05) is 23.7 Å². The van der Waals surface area contributed by atoms with Crippen LogP contribution >= 0.6 is 11.6 Å². The standard InChI is InChI=1S/C19H22ClN3O/c1-13-21-9-10-22(13)11-14(24)12-23-18-8-3-2-5-15(18)16-6-4-7-17(20)19(16)23/h4,6-7,9-10,14,24H,2-3,5,8,11-12H2,1H3/t14-/m0/s1. The van der Waals surface area contributed by atoms with Crippen molar-refractivity contribution in [2.24, 2.45) is 0 Å². The molecule has 1 aromatic carbocycles. The fourth-order valence-corrected chi connectivity index (χ4v) is 4.22. The Balaban J connectivity index is 1.72. The fraction of sp³-hybridized carbons (Fsp3) is 0.421. The topological polar surface area (TPSA) is 43.0 Å². The first-order valence-electron chi connectivity index (χ1n) is 8.59. The molecule has 24 heavy (non-hydrogen) atoms. The summed E-state index contributed by atoms with van der Waals surface area (Å²) in [4.78, 5) is 4.22. The summed E-state index contributed by atoms with van der Waals surface area (Å²) in [5.41, 5.74) is 3.85. The largest absolute Gasteiger partial charge is 0.389 e. The van der Waals surface area contributed by atoms with E-state index in [1.165, 1.54) is 29.5 Å². The van der Waals surface area contributed by atoms with Crippen LogP contribution in [-0.4, -0.2) is 25.3 Å². The van der Waals surface area contributed by atoms with Gasteiger partial charge in [0, 0.05) is 23.5 Å². The molecule has 5 heteroatoms. The van der Waals surface area contributed by atoms with Crippen LogP contribution in [0.2, 0.25) is 5.02 Å². The molecule has 126 valence electrons. The third-order valence-electron chi connectivity index (χ3n) is 5.07. The lowest BCUT2D eigenvalue weighted by molar-refractivity contribution is 0.134. The molecule has 1 aliphatic rings. The highest BCUT2D eigenvalue weighted by Gasteiger charge is 2.22. The number of aliphatic hydroxyl groups excluding tert-OH is 1. The summed E-state index contributed by atoms with van der Waals surface area (Å²) in [6.07, 6.45) is 7.82. The molecule has 0 radical (unpaired) electrons. The molecule has 0 spiro atoms. The van der Waals surface area contributed by atoms with Crippen molar-refractivity contribution in [2.45, 2.75) is 51.8 Å². The van der Waals surface area contributed by atoms with E-state index in [9.17, 15) is 5.11 Å². The molecule has 0 bridgehead atoms. The molecule has 0 amide bonds. The molecule has 0 aliphatic heterocycles. The zero-order valence-corrected chi connectivity index (χ0v) is 14.6. The third-order valence-corrected chi connectivity index (χ3v) is 5.38. The minimum absolute atomic E-state index is 0.476. The maximum atomic E-state index is 10.7. The zero-order valence-electron chi connectivity index (χ0n) is 13.9. The highest BCUT2D eigenvalue weighted by Crippen LogP contribution is 2.35. The Morgan fingerprint density at radius 1 is 1.25 bits per heavy atom. The highest BCUT2D eigenvalue weighted by atomic mass is 35.5. The van der Waals surface area contributed by atoms with Crippen LogP contribution in [0.4, 0.5) is 0 Å². The number of hydrogen-bond donors (Lipinski definition) is 1. The molecular formula is C19H22ClN3O. The Labute approximate surface area is 146 Å². The molecular weight excluding hydrogens is 322 g/mol. The van der Waals surface area contributed by atoms with E-state index in [0.717, 1.165) is 29.2 Å².